The summed E-state index contributed by atoms with van der Waals surface area (Å²) in [5.41, 5.74) is -0.540. The predicted molar refractivity (Wildman–Crippen MR) is 80.6 cm³/mol. The van der Waals surface area contributed by atoms with Crippen molar-refractivity contribution in [1.82, 2.24) is 0 Å². The molecule has 20 heavy (non-hydrogen) atoms. The summed E-state index contributed by atoms with van der Waals surface area (Å²) in [6.07, 6.45) is 1.25. The minimum atomic E-state index is -3.58. The number of primary sulfonamides is 1. The molecule has 0 aliphatic heterocycles. The molecule has 0 aromatic heterocycles. The molecule has 0 amide bonds. The van der Waals surface area contributed by atoms with Crippen LogP contribution in [0.4, 0.5) is 4.39 Å². The molecular weight excluding hydrogens is 349 g/mol. The SMILES string of the molecule is CCC(CC)(COc1ccc(F)cc1Br)CS(N)(=O)=O. The summed E-state index contributed by atoms with van der Waals surface area (Å²) in [7, 11) is -3.58. The normalized spacial score (nSPS) is 12.4. The van der Waals surface area contributed by atoms with E-state index < -0.39 is 15.4 Å². The average molecular weight is 368 g/mol. The van der Waals surface area contributed by atoms with Gasteiger partial charge in [-0.2, -0.15) is 0 Å². The highest BCUT2D eigenvalue weighted by Crippen LogP contribution is 2.31. The van der Waals surface area contributed by atoms with E-state index in [9.17, 15) is 12.8 Å². The molecule has 1 aromatic carbocycles. The predicted octanol–water partition coefficient (Wildman–Crippen LogP) is 3.06. The van der Waals surface area contributed by atoms with Crippen molar-refractivity contribution in [3.05, 3.63) is 28.5 Å². The first-order valence-electron chi connectivity index (χ1n) is 6.29. The molecule has 0 unspecified atom stereocenters. The van der Waals surface area contributed by atoms with Gasteiger partial charge in [0, 0.05) is 5.41 Å². The molecule has 0 fully saturated rings. The van der Waals surface area contributed by atoms with Crippen LogP contribution in [0.1, 0.15) is 26.7 Å². The van der Waals surface area contributed by atoms with Crippen molar-refractivity contribution in [3.8, 4) is 5.75 Å². The fourth-order valence-electron chi connectivity index (χ4n) is 1.95. The van der Waals surface area contributed by atoms with Crippen LogP contribution in [0.5, 0.6) is 5.75 Å². The zero-order valence-corrected chi connectivity index (χ0v) is 13.9. The van der Waals surface area contributed by atoms with Crippen LogP contribution in [0.25, 0.3) is 0 Å². The van der Waals surface area contributed by atoms with Gasteiger partial charge in [0.15, 0.2) is 0 Å². The van der Waals surface area contributed by atoms with E-state index >= 15 is 0 Å². The number of hydrogen-bond acceptors (Lipinski definition) is 3. The van der Waals surface area contributed by atoms with Crippen LogP contribution in [-0.2, 0) is 10.0 Å². The van der Waals surface area contributed by atoms with E-state index in [1.54, 1.807) is 0 Å². The standard InChI is InChI=1S/C13H19BrFNO3S/c1-3-13(4-2,9-20(16,17)18)8-19-12-6-5-10(15)7-11(12)14/h5-7H,3-4,8-9H2,1-2H3,(H2,16,17,18). The maximum Gasteiger partial charge on any atom is 0.209 e. The molecule has 0 spiro atoms. The van der Waals surface area contributed by atoms with Gasteiger partial charge in [-0.25, -0.2) is 17.9 Å². The first-order valence-corrected chi connectivity index (χ1v) is 8.80. The lowest BCUT2D eigenvalue weighted by molar-refractivity contribution is 0.153. The van der Waals surface area contributed by atoms with E-state index in [2.05, 4.69) is 15.9 Å². The molecule has 114 valence electrons. The topological polar surface area (TPSA) is 69.4 Å². The van der Waals surface area contributed by atoms with Crippen LogP contribution >= 0.6 is 15.9 Å². The molecule has 1 rings (SSSR count). The Morgan fingerprint density at radius 2 is 1.95 bits per heavy atom. The van der Waals surface area contributed by atoms with Crippen LogP contribution in [-0.4, -0.2) is 20.8 Å². The number of halogens is 2. The Morgan fingerprint density at radius 1 is 1.35 bits per heavy atom. The molecule has 7 heteroatoms. The lowest BCUT2D eigenvalue weighted by Crippen LogP contribution is -2.37. The third-order valence-electron chi connectivity index (χ3n) is 3.44. The van der Waals surface area contributed by atoms with Gasteiger partial charge in [-0.05, 0) is 47.0 Å². The lowest BCUT2D eigenvalue weighted by atomic mass is 9.85. The molecule has 0 saturated carbocycles. The number of nitrogens with two attached hydrogens (primary N) is 1. The van der Waals surface area contributed by atoms with E-state index in [-0.39, 0.29) is 18.2 Å². The van der Waals surface area contributed by atoms with Gasteiger partial charge in [0.05, 0.1) is 16.8 Å². The highest BCUT2D eigenvalue weighted by atomic mass is 79.9. The fraction of sp³-hybridized carbons (Fsp3) is 0.538. The Kier molecular flexibility index (Phi) is 5.97. The van der Waals surface area contributed by atoms with Crippen LogP contribution in [0.15, 0.2) is 22.7 Å². The quantitative estimate of drug-likeness (QED) is 0.804. The number of rotatable bonds is 7. The number of benzene rings is 1. The van der Waals surface area contributed by atoms with Crippen molar-refractivity contribution in [2.45, 2.75) is 26.7 Å². The molecular formula is C13H19BrFNO3S. The van der Waals surface area contributed by atoms with Crippen LogP contribution in [0.3, 0.4) is 0 Å². The molecule has 0 atom stereocenters. The van der Waals surface area contributed by atoms with Crippen LogP contribution < -0.4 is 9.88 Å². The van der Waals surface area contributed by atoms with Crippen molar-refractivity contribution < 1.29 is 17.5 Å². The summed E-state index contributed by atoms with van der Waals surface area (Å²) in [4.78, 5) is 0. The van der Waals surface area contributed by atoms with Gasteiger partial charge in [0.25, 0.3) is 0 Å². The Hall–Kier alpha value is -0.660. The third-order valence-corrected chi connectivity index (χ3v) is 5.07. The number of sulfonamides is 1. The molecule has 0 radical (unpaired) electrons. The van der Waals surface area contributed by atoms with Crippen molar-refractivity contribution in [2.24, 2.45) is 10.6 Å². The summed E-state index contributed by atoms with van der Waals surface area (Å²) in [5.74, 6) is -0.0238. The number of ether oxygens (including phenoxy) is 1. The van der Waals surface area contributed by atoms with E-state index in [1.807, 2.05) is 13.8 Å². The lowest BCUT2D eigenvalue weighted by Gasteiger charge is -2.30. The second kappa shape index (κ2) is 6.87. The van der Waals surface area contributed by atoms with Crippen molar-refractivity contribution >= 4 is 26.0 Å². The first kappa shape index (κ1) is 17.4. The van der Waals surface area contributed by atoms with Crippen molar-refractivity contribution in [3.63, 3.8) is 0 Å². The zero-order chi connectivity index (χ0) is 15.4. The molecule has 1 aromatic rings. The second-order valence-corrected chi connectivity index (χ2v) is 7.35. The van der Waals surface area contributed by atoms with Gasteiger partial charge in [0.1, 0.15) is 11.6 Å². The Bertz CT molecular complexity index is 559. The number of hydrogen-bond donors (Lipinski definition) is 1. The Balaban J connectivity index is 2.86. The Labute approximate surface area is 127 Å². The first-order chi connectivity index (χ1) is 9.21. The smallest absolute Gasteiger partial charge is 0.209 e. The molecule has 0 bridgehead atoms. The van der Waals surface area contributed by atoms with Crippen molar-refractivity contribution in [1.29, 1.82) is 0 Å². The fourth-order valence-corrected chi connectivity index (χ4v) is 3.76. The van der Waals surface area contributed by atoms with Gasteiger partial charge in [-0.1, -0.05) is 13.8 Å². The molecule has 2 N–H and O–H groups in total. The van der Waals surface area contributed by atoms with Crippen LogP contribution in [0.2, 0.25) is 0 Å². The summed E-state index contributed by atoms with van der Waals surface area (Å²) in [6, 6.07) is 4.10. The maximum absolute atomic E-state index is 13.0. The zero-order valence-electron chi connectivity index (χ0n) is 11.5. The average Bonchev–Trinajstić information content (AvgIpc) is 2.35. The third kappa shape index (κ3) is 5.03. The van der Waals surface area contributed by atoms with Crippen LogP contribution in [0, 0.1) is 11.2 Å². The summed E-state index contributed by atoms with van der Waals surface area (Å²) < 4.78 is 41.8. The molecule has 0 aliphatic carbocycles. The Morgan fingerprint density at radius 3 is 2.40 bits per heavy atom. The maximum atomic E-state index is 13.0. The van der Waals surface area contributed by atoms with E-state index in [0.717, 1.165) is 0 Å². The van der Waals surface area contributed by atoms with E-state index in [1.165, 1.54) is 18.2 Å². The summed E-state index contributed by atoms with van der Waals surface area (Å²) >= 11 is 3.21. The van der Waals surface area contributed by atoms with Gasteiger partial charge < -0.3 is 4.74 Å². The van der Waals surface area contributed by atoms with Gasteiger partial charge in [0.2, 0.25) is 10.0 Å². The summed E-state index contributed by atoms with van der Waals surface area (Å²) in [6.45, 7) is 4.01. The second-order valence-electron chi connectivity index (χ2n) is 4.88. The molecule has 0 heterocycles. The van der Waals surface area contributed by atoms with E-state index in [4.69, 9.17) is 9.88 Å². The minimum Gasteiger partial charge on any atom is -0.492 e. The highest BCUT2D eigenvalue weighted by molar-refractivity contribution is 9.10. The van der Waals surface area contributed by atoms with Gasteiger partial charge in [-0.3, -0.25) is 0 Å². The van der Waals surface area contributed by atoms with Crippen molar-refractivity contribution in [2.75, 3.05) is 12.4 Å². The largest absolute Gasteiger partial charge is 0.492 e. The molecule has 4 nitrogen and oxygen atoms in total. The highest BCUT2D eigenvalue weighted by Gasteiger charge is 2.32. The minimum absolute atomic E-state index is 0.133. The van der Waals surface area contributed by atoms with Gasteiger partial charge >= 0.3 is 0 Å². The molecule has 0 saturated heterocycles. The van der Waals surface area contributed by atoms with E-state index in [0.29, 0.717) is 23.1 Å². The monoisotopic (exact) mass is 367 g/mol. The summed E-state index contributed by atoms with van der Waals surface area (Å²) in [5, 5.41) is 5.15. The molecule has 0 aliphatic rings. The van der Waals surface area contributed by atoms with Gasteiger partial charge in [-0.15, -0.1) is 0 Å².